The number of nitrogens with zero attached hydrogens (tertiary/aromatic N) is 1. The lowest BCUT2D eigenvalue weighted by Crippen LogP contribution is -2.23. The average molecular weight is 351 g/mol. The monoisotopic (exact) mass is 351 g/mol. The van der Waals surface area contributed by atoms with E-state index in [9.17, 15) is 4.79 Å². The van der Waals surface area contributed by atoms with Crippen molar-refractivity contribution in [3.63, 3.8) is 0 Å². The maximum absolute atomic E-state index is 12.3. The van der Waals surface area contributed by atoms with E-state index in [4.69, 9.17) is 0 Å². The summed E-state index contributed by atoms with van der Waals surface area (Å²) in [7, 11) is 0. The van der Waals surface area contributed by atoms with Gasteiger partial charge in [0.2, 0.25) is 5.91 Å². The third-order valence-corrected chi connectivity index (χ3v) is 4.80. The smallest absolute Gasteiger partial charge is 0.243 e. The molecule has 0 unspecified atom stereocenters. The Labute approximate surface area is 156 Å². The summed E-state index contributed by atoms with van der Waals surface area (Å²) in [6, 6.07) is 16.3. The van der Waals surface area contributed by atoms with Gasteiger partial charge in [0.25, 0.3) is 0 Å². The van der Waals surface area contributed by atoms with Crippen molar-refractivity contribution in [1.82, 2.24) is 0 Å². The zero-order chi connectivity index (χ0) is 18.6. The SMILES string of the molecule is CC(C)(C)c1ccccc1NCC(=O)Nc1ccc(N2CCCC2)cc1. The highest BCUT2D eigenvalue weighted by molar-refractivity contribution is 5.94. The highest BCUT2D eigenvalue weighted by Gasteiger charge is 2.17. The molecule has 0 aliphatic carbocycles. The fraction of sp³-hybridized carbons (Fsp3) is 0.409. The van der Waals surface area contributed by atoms with E-state index in [2.05, 4.69) is 54.5 Å². The summed E-state index contributed by atoms with van der Waals surface area (Å²) in [4.78, 5) is 14.7. The first-order valence-corrected chi connectivity index (χ1v) is 9.42. The van der Waals surface area contributed by atoms with Gasteiger partial charge in [-0.15, -0.1) is 0 Å². The third kappa shape index (κ3) is 4.57. The number of benzene rings is 2. The first-order valence-electron chi connectivity index (χ1n) is 9.42. The van der Waals surface area contributed by atoms with Crippen LogP contribution < -0.4 is 15.5 Å². The number of hydrogen-bond donors (Lipinski definition) is 2. The van der Waals surface area contributed by atoms with E-state index in [-0.39, 0.29) is 17.9 Å². The number of rotatable bonds is 5. The Balaban J connectivity index is 1.56. The van der Waals surface area contributed by atoms with E-state index in [1.54, 1.807) is 0 Å². The molecule has 2 aromatic carbocycles. The number of nitrogens with one attached hydrogen (secondary N) is 2. The Hall–Kier alpha value is -2.49. The van der Waals surface area contributed by atoms with Gasteiger partial charge in [-0.25, -0.2) is 0 Å². The first kappa shape index (κ1) is 18.3. The second-order valence-electron chi connectivity index (χ2n) is 7.94. The van der Waals surface area contributed by atoms with Crippen LogP contribution >= 0.6 is 0 Å². The topological polar surface area (TPSA) is 44.4 Å². The van der Waals surface area contributed by atoms with E-state index in [1.807, 2.05) is 30.3 Å². The van der Waals surface area contributed by atoms with E-state index in [0.29, 0.717) is 0 Å². The van der Waals surface area contributed by atoms with Crippen LogP contribution in [0.3, 0.4) is 0 Å². The molecule has 0 radical (unpaired) electrons. The standard InChI is InChI=1S/C22H29N3O/c1-22(2,3)19-8-4-5-9-20(19)23-16-21(26)24-17-10-12-18(13-11-17)25-14-6-7-15-25/h4-5,8-13,23H,6-7,14-16H2,1-3H3,(H,24,26). The summed E-state index contributed by atoms with van der Waals surface area (Å²) in [5.74, 6) is -0.0392. The second kappa shape index (κ2) is 7.81. The van der Waals surface area contributed by atoms with Crippen molar-refractivity contribution >= 4 is 23.0 Å². The van der Waals surface area contributed by atoms with Gasteiger partial charge in [0.15, 0.2) is 0 Å². The van der Waals surface area contributed by atoms with Crippen molar-refractivity contribution in [2.75, 3.05) is 35.2 Å². The Kier molecular flexibility index (Phi) is 5.50. The minimum Gasteiger partial charge on any atom is -0.376 e. The Morgan fingerprint density at radius 1 is 1.00 bits per heavy atom. The van der Waals surface area contributed by atoms with Crippen LogP contribution in [0.4, 0.5) is 17.1 Å². The first-order chi connectivity index (χ1) is 12.4. The fourth-order valence-corrected chi connectivity index (χ4v) is 3.40. The van der Waals surface area contributed by atoms with Gasteiger partial charge in [0.05, 0.1) is 6.54 Å². The Morgan fingerprint density at radius 2 is 1.65 bits per heavy atom. The molecule has 4 nitrogen and oxygen atoms in total. The maximum atomic E-state index is 12.3. The molecule has 2 aromatic rings. The van der Waals surface area contributed by atoms with Crippen LogP contribution in [0.15, 0.2) is 48.5 Å². The molecular formula is C22H29N3O. The molecule has 1 amide bonds. The average Bonchev–Trinajstić information content (AvgIpc) is 3.15. The van der Waals surface area contributed by atoms with Gasteiger partial charge < -0.3 is 15.5 Å². The molecule has 138 valence electrons. The van der Waals surface area contributed by atoms with E-state index in [1.165, 1.54) is 24.1 Å². The van der Waals surface area contributed by atoms with Crippen molar-refractivity contribution < 1.29 is 4.79 Å². The van der Waals surface area contributed by atoms with E-state index in [0.717, 1.165) is 24.5 Å². The number of anilines is 3. The fourth-order valence-electron chi connectivity index (χ4n) is 3.40. The molecule has 1 aliphatic rings. The predicted octanol–water partition coefficient (Wildman–Crippen LogP) is 4.63. The highest BCUT2D eigenvalue weighted by atomic mass is 16.1. The van der Waals surface area contributed by atoms with Crippen LogP contribution in [0.1, 0.15) is 39.2 Å². The third-order valence-electron chi connectivity index (χ3n) is 4.80. The predicted molar refractivity (Wildman–Crippen MR) is 110 cm³/mol. The molecule has 1 saturated heterocycles. The molecule has 3 rings (SSSR count). The molecule has 1 aliphatic heterocycles. The normalized spacial score (nSPS) is 14.3. The highest BCUT2D eigenvalue weighted by Crippen LogP contribution is 2.29. The summed E-state index contributed by atoms with van der Waals surface area (Å²) < 4.78 is 0. The van der Waals surface area contributed by atoms with Gasteiger partial charge >= 0.3 is 0 Å². The van der Waals surface area contributed by atoms with Crippen LogP contribution in [0.5, 0.6) is 0 Å². The molecule has 1 fully saturated rings. The number of carbonyl (C=O) groups is 1. The van der Waals surface area contributed by atoms with Gasteiger partial charge in [-0.3, -0.25) is 4.79 Å². The summed E-state index contributed by atoms with van der Waals surface area (Å²) in [6.07, 6.45) is 2.53. The molecule has 0 bridgehead atoms. The Morgan fingerprint density at radius 3 is 2.31 bits per heavy atom. The van der Waals surface area contributed by atoms with Gasteiger partial charge in [-0.1, -0.05) is 39.0 Å². The number of carbonyl (C=O) groups excluding carboxylic acids is 1. The van der Waals surface area contributed by atoms with Crippen molar-refractivity contribution in [3.8, 4) is 0 Å². The molecule has 0 atom stereocenters. The van der Waals surface area contributed by atoms with E-state index < -0.39 is 0 Å². The van der Waals surface area contributed by atoms with Crippen LogP contribution in [0, 0.1) is 0 Å². The molecule has 0 aromatic heterocycles. The van der Waals surface area contributed by atoms with Crippen molar-refractivity contribution in [1.29, 1.82) is 0 Å². The molecule has 0 spiro atoms. The minimum atomic E-state index is -0.0392. The number of amides is 1. The summed E-state index contributed by atoms with van der Waals surface area (Å²) in [5.41, 5.74) is 4.33. The molecular weight excluding hydrogens is 322 g/mol. The summed E-state index contributed by atoms with van der Waals surface area (Å²) in [6.45, 7) is 9.03. The van der Waals surface area contributed by atoms with Crippen molar-refractivity contribution in [2.24, 2.45) is 0 Å². The van der Waals surface area contributed by atoms with Gasteiger partial charge in [-0.05, 0) is 54.2 Å². The van der Waals surface area contributed by atoms with Gasteiger partial charge in [-0.2, -0.15) is 0 Å². The molecule has 26 heavy (non-hydrogen) atoms. The van der Waals surface area contributed by atoms with Crippen LogP contribution in [-0.2, 0) is 10.2 Å². The van der Waals surface area contributed by atoms with Crippen LogP contribution in [-0.4, -0.2) is 25.5 Å². The lowest BCUT2D eigenvalue weighted by atomic mass is 9.86. The number of para-hydroxylation sites is 1. The lowest BCUT2D eigenvalue weighted by Gasteiger charge is -2.23. The van der Waals surface area contributed by atoms with Crippen molar-refractivity contribution in [3.05, 3.63) is 54.1 Å². The second-order valence-corrected chi connectivity index (χ2v) is 7.94. The zero-order valence-electron chi connectivity index (χ0n) is 16.0. The maximum Gasteiger partial charge on any atom is 0.243 e. The molecule has 2 N–H and O–H groups in total. The minimum absolute atomic E-state index is 0.0332. The lowest BCUT2D eigenvalue weighted by molar-refractivity contribution is -0.114. The van der Waals surface area contributed by atoms with Crippen LogP contribution in [0.2, 0.25) is 0 Å². The van der Waals surface area contributed by atoms with Crippen LogP contribution in [0.25, 0.3) is 0 Å². The molecule has 0 saturated carbocycles. The van der Waals surface area contributed by atoms with E-state index >= 15 is 0 Å². The number of hydrogen-bond acceptors (Lipinski definition) is 3. The molecule has 1 heterocycles. The summed E-state index contributed by atoms with van der Waals surface area (Å²) in [5, 5.41) is 6.24. The summed E-state index contributed by atoms with van der Waals surface area (Å²) >= 11 is 0. The quantitative estimate of drug-likeness (QED) is 0.825. The van der Waals surface area contributed by atoms with Crippen molar-refractivity contribution in [2.45, 2.75) is 39.0 Å². The zero-order valence-corrected chi connectivity index (χ0v) is 16.0. The molecule has 4 heteroatoms. The Bertz CT molecular complexity index is 741. The largest absolute Gasteiger partial charge is 0.376 e. The van der Waals surface area contributed by atoms with Gasteiger partial charge in [0, 0.05) is 30.2 Å². The van der Waals surface area contributed by atoms with Gasteiger partial charge in [0.1, 0.15) is 0 Å².